The first-order valence-electron chi connectivity index (χ1n) is 8.07. The van der Waals surface area contributed by atoms with Gasteiger partial charge in [-0.15, -0.1) is 5.10 Å². The predicted molar refractivity (Wildman–Crippen MR) is 86.6 cm³/mol. The van der Waals surface area contributed by atoms with Gasteiger partial charge in [0.1, 0.15) is 6.04 Å². The summed E-state index contributed by atoms with van der Waals surface area (Å²) < 4.78 is 5.42. The first-order valence-corrected chi connectivity index (χ1v) is 8.07. The number of carbonyl (C=O) groups excluding carboxylic acids is 1. The Morgan fingerprint density at radius 2 is 2.08 bits per heavy atom. The van der Waals surface area contributed by atoms with Crippen molar-refractivity contribution in [3.63, 3.8) is 0 Å². The molecule has 0 unspecified atom stereocenters. The highest BCUT2D eigenvalue weighted by atomic mass is 16.5. The van der Waals surface area contributed by atoms with E-state index in [1.54, 1.807) is 4.90 Å². The standard InChI is InChI=1S/C16H16N6O3/c23-15(13-18-16(24)20-19-13)22-9-5-4-8-11(22)14-17-12(21-25-14)10-6-2-1-3-7-10/h1-3,6-7,11H,4-5,8-9H2,(H2,18,19,20,24)/t11-/m1/s1. The van der Waals surface area contributed by atoms with Gasteiger partial charge in [0.25, 0.3) is 5.91 Å². The van der Waals surface area contributed by atoms with Gasteiger partial charge in [-0.3, -0.25) is 9.78 Å². The fraction of sp³-hybridized carbons (Fsp3) is 0.312. The highest BCUT2D eigenvalue weighted by Crippen LogP contribution is 2.31. The molecule has 2 N–H and O–H groups in total. The van der Waals surface area contributed by atoms with E-state index in [2.05, 4.69) is 25.3 Å². The minimum absolute atomic E-state index is 0.0142. The number of amides is 1. The van der Waals surface area contributed by atoms with Crippen LogP contribution in [0.5, 0.6) is 0 Å². The van der Waals surface area contributed by atoms with Gasteiger partial charge in [-0.25, -0.2) is 9.89 Å². The largest absolute Gasteiger partial charge is 0.341 e. The summed E-state index contributed by atoms with van der Waals surface area (Å²) in [6.07, 6.45) is 2.54. The molecule has 3 heterocycles. The van der Waals surface area contributed by atoms with E-state index in [1.165, 1.54) is 0 Å². The average molecular weight is 340 g/mol. The molecule has 1 aliphatic rings. The van der Waals surface area contributed by atoms with Crippen molar-refractivity contribution in [3.8, 4) is 11.4 Å². The monoisotopic (exact) mass is 340 g/mol. The SMILES string of the molecule is O=C(c1n[nH]c(=O)[nH]1)N1CCCC[C@@H]1c1nc(-c2ccccc2)no1. The lowest BCUT2D eigenvalue weighted by Gasteiger charge is -2.32. The summed E-state index contributed by atoms with van der Waals surface area (Å²) in [6.45, 7) is 0.543. The molecule has 1 amide bonds. The van der Waals surface area contributed by atoms with Crippen molar-refractivity contribution in [1.29, 1.82) is 0 Å². The molecule has 1 aromatic carbocycles. The van der Waals surface area contributed by atoms with Crippen molar-refractivity contribution in [2.24, 2.45) is 0 Å². The number of H-pyrrole nitrogens is 2. The van der Waals surface area contributed by atoms with Crippen LogP contribution in [0.4, 0.5) is 0 Å². The van der Waals surface area contributed by atoms with Crippen molar-refractivity contribution in [1.82, 2.24) is 30.2 Å². The number of benzene rings is 1. The van der Waals surface area contributed by atoms with Gasteiger partial charge in [0, 0.05) is 12.1 Å². The molecule has 1 atom stereocenters. The van der Waals surface area contributed by atoms with Crippen molar-refractivity contribution < 1.29 is 9.32 Å². The van der Waals surface area contributed by atoms with Gasteiger partial charge in [0.15, 0.2) is 0 Å². The second-order valence-corrected chi connectivity index (χ2v) is 5.86. The quantitative estimate of drug-likeness (QED) is 0.745. The van der Waals surface area contributed by atoms with Crippen LogP contribution in [0.15, 0.2) is 39.6 Å². The minimum Gasteiger partial charge on any atom is -0.337 e. The highest BCUT2D eigenvalue weighted by Gasteiger charge is 2.34. The Labute approximate surface area is 142 Å². The molecule has 1 fully saturated rings. The number of hydrogen-bond acceptors (Lipinski definition) is 6. The number of aromatic amines is 2. The fourth-order valence-corrected chi connectivity index (χ4v) is 3.01. The van der Waals surface area contributed by atoms with E-state index in [-0.39, 0.29) is 17.8 Å². The van der Waals surface area contributed by atoms with Crippen LogP contribution in [0.25, 0.3) is 11.4 Å². The number of hydrogen-bond donors (Lipinski definition) is 2. The first-order chi connectivity index (χ1) is 12.2. The molecule has 9 nitrogen and oxygen atoms in total. The number of nitrogens with one attached hydrogen (secondary N) is 2. The van der Waals surface area contributed by atoms with Crippen molar-refractivity contribution >= 4 is 5.91 Å². The van der Waals surface area contributed by atoms with Gasteiger partial charge >= 0.3 is 5.69 Å². The van der Waals surface area contributed by atoms with E-state index < -0.39 is 5.69 Å². The second-order valence-electron chi connectivity index (χ2n) is 5.86. The fourth-order valence-electron chi connectivity index (χ4n) is 3.01. The first kappa shape index (κ1) is 15.3. The molecule has 4 rings (SSSR count). The molecule has 0 bridgehead atoms. The smallest absolute Gasteiger partial charge is 0.337 e. The van der Waals surface area contributed by atoms with E-state index in [0.717, 1.165) is 24.8 Å². The van der Waals surface area contributed by atoms with E-state index in [9.17, 15) is 9.59 Å². The van der Waals surface area contributed by atoms with Crippen LogP contribution in [0.1, 0.15) is 41.8 Å². The van der Waals surface area contributed by atoms with Gasteiger partial charge in [-0.05, 0) is 19.3 Å². The van der Waals surface area contributed by atoms with Gasteiger partial charge in [0.2, 0.25) is 17.5 Å². The molecule has 9 heteroatoms. The van der Waals surface area contributed by atoms with Crippen LogP contribution < -0.4 is 5.69 Å². The third-order valence-corrected chi connectivity index (χ3v) is 4.23. The summed E-state index contributed by atoms with van der Waals surface area (Å²) in [5, 5.41) is 9.96. The van der Waals surface area contributed by atoms with Crippen LogP contribution in [0.2, 0.25) is 0 Å². The Hall–Kier alpha value is -3.23. The molecule has 1 aliphatic heterocycles. The van der Waals surface area contributed by atoms with Crippen LogP contribution in [0.3, 0.4) is 0 Å². The molecule has 0 aliphatic carbocycles. The van der Waals surface area contributed by atoms with Crippen molar-refractivity contribution in [3.05, 3.63) is 52.5 Å². The number of carbonyl (C=O) groups is 1. The van der Waals surface area contributed by atoms with E-state index >= 15 is 0 Å². The number of nitrogens with zero attached hydrogens (tertiary/aromatic N) is 4. The predicted octanol–water partition coefficient (Wildman–Crippen LogP) is 1.52. The third-order valence-electron chi connectivity index (χ3n) is 4.23. The summed E-state index contributed by atoms with van der Waals surface area (Å²) in [4.78, 5) is 32.3. The summed E-state index contributed by atoms with van der Waals surface area (Å²) in [5.74, 6) is 0.508. The number of likely N-dealkylation sites (tertiary alicyclic amines) is 1. The molecule has 0 radical (unpaired) electrons. The van der Waals surface area contributed by atoms with Crippen molar-refractivity contribution in [2.75, 3.05) is 6.54 Å². The minimum atomic E-state index is -0.513. The van der Waals surface area contributed by atoms with Gasteiger partial charge in [-0.1, -0.05) is 35.5 Å². The van der Waals surface area contributed by atoms with Crippen molar-refractivity contribution in [2.45, 2.75) is 25.3 Å². The lowest BCUT2D eigenvalue weighted by atomic mass is 10.0. The molecule has 0 saturated carbocycles. The Balaban J connectivity index is 1.62. The maximum atomic E-state index is 12.7. The van der Waals surface area contributed by atoms with Crippen LogP contribution in [-0.4, -0.2) is 42.7 Å². The van der Waals surface area contributed by atoms with Gasteiger partial charge in [0.05, 0.1) is 0 Å². The molecule has 2 aromatic heterocycles. The Morgan fingerprint density at radius 3 is 2.84 bits per heavy atom. The maximum Gasteiger partial charge on any atom is 0.341 e. The van der Waals surface area contributed by atoms with Gasteiger partial charge in [-0.2, -0.15) is 4.98 Å². The zero-order valence-corrected chi connectivity index (χ0v) is 13.3. The van der Waals surface area contributed by atoms with E-state index in [4.69, 9.17) is 4.52 Å². The third kappa shape index (κ3) is 2.95. The number of aromatic nitrogens is 5. The highest BCUT2D eigenvalue weighted by molar-refractivity contribution is 5.90. The number of rotatable bonds is 3. The average Bonchev–Trinajstić information content (AvgIpc) is 3.31. The Morgan fingerprint density at radius 1 is 1.24 bits per heavy atom. The zero-order valence-electron chi connectivity index (χ0n) is 13.3. The Bertz CT molecular complexity index is 929. The summed E-state index contributed by atoms with van der Waals surface area (Å²) in [6, 6.07) is 9.17. The summed E-state index contributed by atoms with van der Waals surface area (Å²) in [7, 11) is 0. The summed E-state index contributed by atoms with van der Waals surface area (Å²) in [5.41, 5.74) is 0.337. The van der Waals surface area contributed by atoms with Gasteiger partial charge < -0.3 is 9.42 Å². The summed E-state index contributed by atoms with van der Waals surface area (Å²) >= 11 is 0. The molecular weight excluding hydrogens is 324 g/mol. The second kappa shape index (κ2) is 6.34. The molecule has 1 saturated heterocycles. The van der Waals surface area contributed by atoms with E-state index in [1.807, 2.05) is 30.3 Å². The van der Waals surface area contributed by atoms with Crippen LogP contribution in [0, 0.1) is 0 Å². The van der Waals surface area contributed by atoms with Crippen LogP contribution in [-0.2, 0) is 0 Å². The van der Waals surface area contributed by atoms with E-state index in [0.29, 0.717) is 18.3 Å². The topological polar surface area (TPSA) is 121 Å². The molecule has 25 heavy (non-hydrogen) atoms. The molecule has 3 aromatic rings. The number of piperidine rings is 1. The normalized spacial score (nSPS) is 17.6. The molecule has 128 valence electrons. The molecular formula is C16H16N6O3. The maximum absolute atomic E-state index is 12.7. The van der Waals surface area contributed by atoms with Crippen LogP contribution >= 0.6 is 0 Å². The molecule has 0 spiro atoms. The lowest BCUT2D eigenvalue weighted by Crippen LogP contribution is -2.39. The zero-order chi connectivity index (χ0) is 17.2. The lowest BCUT2D eigenvalue weighted by molar-refractivity contribution is 0.0549. The Kier molecular flexibility index (Phi) is 3.88.